The molecule has 0 saturated heterocycles. The van der Waals surface area contributed by atoms with Crippen molar-refractivity contribution >= 4 is 29.4 Å². The molecule has 8 nitrogen and oxygen atoms in total. The number of hydrogen-bond donors (Lipinski definition) is 0. The summed E-state index contributed by atoms with van der Waals surface area (Å²) in [5.74, 6) is 0. The van der Waals surface area contributed by atoms with Crippen molar-refractivity contribution in [2.45, 2.75) is 52.6 Å². The van der Waals surface area contributed by atoms with Gasteiger partial charge in [-0.15, -0.1) is 0 Å². The van der Waals surface area contributed by atoms with Crippen LogP contribution in [-0.4, -0.2) is 38.6 Å². The van der Waals surface area contributed by atoms with E-state index in [1.165, 1.54) is 13.1 Å². The molecule has 0 aliphatic carbocycles. The molecule has 0 amide bonds. The molecule has 0 aromatic heterocycles. The first-order valence-corrected chi connectivity index (χ1v) is 12.2. The van der Waals surface area contributed by atoms with Crippen LogP contribution in [0.5, 0.6) is 0 Å². The number of rotatable bonds is 12. The lowest BCUT2D eigenvalue weighted by Crippen LogP contribution is -2.40. The first-order valence-electron chi connectivity index (χ1n) is 6.73. The van der Waals surface area contributed by atoms with Gasteiger partial charge in [-0.3, -0.25) is 7.74 Å². The molecule has 0 atom stereocenters. The Morgan fingerprint density at radius 3 is 1.38 bits per heavy atom. The van der Waals surface area contributed by atoms with Crippen molar-refractivity contribution in [3.63, 3.8) is 0 Å². The Morgan fingerprint density at radius 1 is 0.762 bits per heavy atom. The van der Waals surface area contributed by atoms with Crippen LogP contribution in [0.25, 0.3) is 0 Å². The van der Waals surface area contributed by atoms with Gasteiger partial charge in [-0.2, -0.15) is 16.8 Å². The van der Waals surface area contributed by atoms with Crippen LogP contribution >= 0.6 is 0 Å². The summed E-state index contributed by atoms with van der Waals surface area (Å²) in [4.78, 5) is 0. The van der Waals surface area contributed by atoms with E-state index in [0.29, 0.717) is 12.8 Å². The minimum Gasteiger partial charge on any atom is -0.262 e. The smallest absolute Gasteiger partial charge is 0.262 e. The maximum absolute atomic E-state index is 11.5. The first-order chi connectivity index (χ1) is 9.54. The quantitative estimate of drug-likeness (QED) is 0.381. The summed E-state index contributed by atoms with van der Waals surface area (Å²) >= 11 is 0. The minimum atomic E-state index is -4.29. The summed E-state index contributed by atoms with van der Waals surface area (Å²) in [6, 6.07) is 0. The van der Waals surface area contributed by atoms with Gasteiger partial charge in [0.15, 0.2) is 0 Å². The van der Waals surface area contributed by atoms with Crippen LogP contribution in [0, 0.1) is 0 Å². The highest BCUT2D eigenvalue weighted by Crippen LogP contribution is 2.16. The summed E-state index contributed by atoms with van der Waals surface area (Å²) in [5.41, 5.74) is 0. The molecule has 21 heavy (non-hydrogen) atoms. The van der Waals surface area contributed by atoms with Crippen molar-refractivity contribution in [1.82, 2.24) is 0 Å². The van der Waals surface area contributed by atoms with E-state index < -0.39 is 29.4 Å². The van der Waals surface area contributed by atoms with Gasteiger partial charge in [0, 0.05) is 0 Å². The van der Waals surface area contributed by atoms with Gasteiger partial charge in [-0.05, 0) is 25.9 Å². The zero-order valence-corrected chi connectivity index (χ0v) is 15.5. The zero-order chi connectivity index (χ0) is 16.6. The number of hydrogen-bond acceptors (Lipinski definition) is 8. The normalized spacial score (nSPS) is 13.5. The SMILES string of the molecule is CCCCOS(=O)(=O)O[Si](C)(C)OS(=O)(=O)OCCCC. The highest BCUT2D eigenvalue weighted by Gasteiger charge is 2.38. The molecular weight excluding hydrogens is 340 g/mol. The summed E-state index contributed by atoms with van der Waals surface area (Å²) in [5, 5.41) is 0. The monoisotopic (exact) mass is 364 g/mol. The van der Waals surface area contributed by atoms with E-state index in [2.05, 4.69) is 8.37 Å². The van der Waals surface area contributed by atoms with Gasteiger partial charge in [-0.25, -0.2) is 8.37 Å². The summed E-state index contributed by atoms with van der Waals surface area (Å²) in [6.07, 6.45) is 2.60. The molecule has 0 aromatic carbocycles. The molecule has 0 saturated carbocycles. The predicted molar refractivity (Wildman–Crippen MR) is 79.2 cm³/mol. The van der Waals surface area contributed by atoms with Crippen molar-refractivity contribution in [3.05, 3.63) is 0 Å². The van der Waals surface area contributed by atoms with E-state index in [1.807, 2.05) is 13.8 Å². The van der Waals surface area contributed by atoms with Crippen molar-refractivity contribution in [3.8, 4) is 0 Å². The van der Waals surface area contributed by atoms with E-state index in [1.54, 1.807) is 0 Å². The second kappa shape index (κ2) is 9.18. The number of unbranched alkanes of at least 4 members (excludes halogenated alkanes) is 2. The third kappa shape index (κ3) is 11.2. The molecule has 0 fully saturated rings. The lowest BCUT2D eigenvalue weighted by atomic mass is 10.4. The van der Waals surface area contributed by atoms with Crippen LogP contribution in [0.4, 0.5) is 0 Å². The minimum absolute atomic E-state index is 0.0247. The molecule has 0 rings (SSSR count). The Labute approximate surface area is 128 Å². The molecule has 0 aliphatic heterocycles. The Balaban J connectivity index is 4.53. The highest BCUT2D eigenvalue weighted by molar-refractivity contribution is 7.84. The van der Waals surface area contributed by atoms with E-state index >= 15 is 0 Å². The van der Waals surface area contributed by atoms with E-state index in [0.717, 1.165) is 12.8 Å². The lowest BCUT2D eigenvalue weighted by Gasteiger charge is -2.20. The fourth-order valence-corrected chi connectivity index (χ4v) is 6.49. The van der Waals surface area contributed by atoms with Crippen molar-refractivity contribution < 1.29 is 32.9 Å². The maximum Gasteiger partial charge on any atom is 0.392 e. The van der Waals surface area contributed by atoms with Gasteiger partial charge >= 0.3 is 29.4 Å². The van der Waals surface area contributed by atoms with E-state index in [-0.39, 0.29) is 13.2 Å². The van der Waals surface area contributed by atoms with Gasteiger partial charge in [-0.1, -0.05) is 26.7 Å². The summed E-state index contributed by atoms with van der Waals surface area (Å²) < 4.78 is 64.8. The Bertz CT molecular complexity index is 441. The standard InChI is InChI=1S/C10H24O8S2Si/c1-5-7-9-15-19(11,12)17-21(3,4)18-20(13,14)16-10-8-6-2/h5-10H2,1-4H3. The van der Waals surface area contributed by atoms with Gasteiger partial charge < -0.3 is 0 Å². The topological polar surface area (TPSA) is 105 Å². The molecule has 0 aliphatic rings. The third-order valence-corrected chi connectivity index (χ3v) is 7.81. The fraction of sp³-hybridized carbons (Fsp3) is 1.00. The molecular formula is C10H24O8S2Si. The molecule has 0 spiro atoms. The lowest BCUT2D eigenvalue weighted by molar-refractivity contribution is 0.236. The second-order valence-electron chi connectivity index (χ2n) is 4.73. The molecule has 0 radical (unpaired) electrons. The van der Waals surface area contributed by atoms with Crippen LogP contribution in [-0.2, 0) is 36.9 Å². The van der Waals surface area contributed by atoms with Gasteiger partial charge in [0.2, 0.25) is 0 Å². The molecule has 11 heteroatoms. The molecule has 0 aromatic rings. The predicted octanol–water partition coefficient (Wildman–Crippen LogP) is 1.84. The highest BCUT2D eigenvalue weighted by atomic mass is 32.3. The average Bonchev–Trinajstić information content (AvgIpc) is 2.25. The van der Waals surface area contributed by atoms with E-state index in [9.17, 15) is 16.8 Å². The third-order valence-electron chi connectivity index (χ3n) is 2.06. The first kappa shape index (κ1) is 21.0. The van der Waals surface area contributed by atoms with Gasteiger partial charge in [0.1, 0.15) is 0 Å². The summed E-state index contributed by atoms with van der Waals surface area (Å²) in [7, 11) is -12.1. The second-order valence-corrected chi connectivity index (χ2v) is 11.0. The van der Waals surface area contributed by atoms with Crippen molar-refractivity contribution in [2.75, 3.05) is 13.2 Å². The van der Waals surface area contributed by atoms with Crippen LogP contribution < -0.4 is 0 Å². The molecule has 128 valence electrons. The van der Waals surface area contributed by atoms with Gasteiger partial charge in [0.25, 0.3) is 0 Å². The maximum atomic E-state index is 11.5. The van der Waals surface area contributed by atoms with Crippen LogP contribution in [0.1, 0.15) is 39.5 Å². The molecule has 0 N–H and O–H groups in total. The molecule has 0 unspecified atom stereocenters. The van der Waals surface area contributed by atoms with Crippen LogP contribution in [0.3, 0.4) is 0 Å². The molecule has 0 bridgehead atoms. The summed E-state index contributed by atoms with van der Waals surface area (Å²) in [6.45, 7) is 6.24. The Morgan fingerprint density at radius 2 is 1.10 bits per heavy atom. The van der Waals surface area contributed by atoms with Crippen molar-refractivity contribution in [1.29, 1.82) is 0 Å². The largest absolute Gasteiger partial charge is 0.392 e. The molecule has 0 heterocycles. The van der Waals surface area contributed by atoms with Crippen LogP contribution in [0.15, 0.2) is 0 Å². The Hall–Kier alpha value is -0.0431. The van der Waals surface area contributed by atoms with Crippen LogP contribution in [0.2, 0.25) is 13.1 Å². The van der Waals surface area contributed by atoms with E-state index in [4.69, 9.17) is 7.74 Å². The fourth-order valence-electron chi connectivity index (χ4n) is 1.16. The zero-order valence-electron chi connectivity index (χ0n) is 12.8. The van der Waals surface area contributed by atoms with Crippen molar-refractivity contribution in [2.24, 2.45) is 0 Å². The van der Waals surface area contributed by atoms with Gasteiger partial charge in [0.05, 0.1) is 13.2 Å². The Kier molecular flexibility index (Phi) is 9.16. The average molecular weight is 365 g/mol.